The molecule has 1 heterocycles. The number of aromatic nitrogens is 2. The van der Waals surface area contributed by atoms with Crippen LogP contribution < -0.4 is 15.6 Å². The first kappa shape index (κ1) is 19.5. The number of anilines is 1. The Kier molecular flexibility index (Phi) is 6.03. The van der Waals surface area contributed by atoms with Gasteiger partial charge in [-0.1, -0.05) is 31.2 Å². The summed E-state index contributed by atoms with van der Waals surface area (Å²) in [6.45, 7) is 2.65. The fraction of sp³-hybridized carbons (Fsp3) is 0.238. The SMILES string of the molecule is CCc1ccccc1CNc1nc(=O)c(OC)cn1Cc1cc(F)cc(F)c1. The van der Waals surface area contributed by atoms with Gasteiger partial charge in [0.15, 0.2) is 0 Å². The molecule has 5 nitrogen and oxygen atoms in total. The Bertz CT molecular complexity index is 1010. The minimum absolute atomic E-state index is 0.0522. The van der Waals surface area contributed by atoms with Crippen LogP contribution in [0.5, 0.6) is 5.75 Å². The summed E-state index contributed by atoms with van der Waals surface area (Å²) in [5, 5.41) is 3.15. The molecule has 3 rings (SSSR count). The molecule has 2 aromatic carbocycles. The quantitative estimate of drug-likeness (QED) is 0.673. The van der Waals surface area contributed by atoms with E-state index in [1.54, 1.807) is 4.57 Å². The highest BCUT2D eigenvalue weighted by atomic mass is 19.1. The molecule has 0 fully saturated rings. The van der Waals surface area contributed by atoms with Crippen LogP contribution in [-0.4, -0.2) is 16.7 Å². The molecule has 7 heteroatoms. The van der Waals surface area contributed by atoms with Crippen LogP contribution >= 0.6 is 0 Å². The molecule has 0 saturated heterocycles. The molecule has 0 aliphatic heterocycles. The van der Waals surface area contributed by atoms with Crippen molar-refractivity contribution in [1.29, 1.82) is 0 Å². The lowest BCUT2D eigenvalue weighted by Gasteiger charge is -2.16. The van der Waals surface area contributed by atoms with Crippen molar-refractivity contribution in [2.24, 2.45) is 0 Å². The van der Waals surface area contributed by atoms with E-state index in [0.717, 1.165) is 18.1 Å². The summed E-state index contributed by atoms with van der Waals surface area (Å²) < 4.78 is 33.7. The number of methoxy groups -OCH3 is 1. The van der Waals surface area contributed by atoms with Crippen molar-refractivity contribution in [3.05, 3.63) is 87.3 Å². The predicted molar refractivity (Wildman–Crippen MR) is 104 cm³/mol. The minimum Gasteiger partial charge on any atom is -0.490 e. The normalized spacial score (nSPS) is 10.7. The second-order valence-electron chi connectivity index (χ2n) is 6.32. The maximum Gasteiger partial charge on any atom is 0.316 e. The molecule has 0 aliphatic carbocycles. The van der Waals surface area contributed by atoms with Crippen LogP contribution in [0.2, 0.25) is 0 Å². The molecular formula is C21H21F2N3O2. The number of benzene rings is 2. The largest absolute Gasteiger partial charge is 0.490 e. The van der Waals surface area contributed by atoms with Gasteiger partial charge >= 0.3 is 5.56 Å². The third-order valence-electron chi connectivity index (χ3n) is 4.39. The second kappa shape index (κ2) is 8.65. The fourth-order valence-electron chi connectivity index (χ4n) is 3.02. The van der Waals surface area contributed by atoms with Crippen molar-refractivity contribution in [1.82, 2.24) is 9.55 Å². The Morgan fingerprint density at radius 1 is 1.11 bits per heavy atom. The van der Waals surface area contributed by atoms with E-state index in [1.807, 2.05) is 24.3 Å². The van der Waals surface area contributed by atoms with Gasteiger partial charge < -0.3 is 14.6 Å². The monoisotopic (exact) mass is 385 g/mol. The Labute approximate surface area is 161 Å². The lowest BCUT2D eigenvalue weighted by molar-refractivity contribution is 0.402. The lowest BCUT2D eigenvalue weighted by Crippen LogP contribution is -2.20. The van der Waals surface area contributed by atoms with Gasteiger partial charge in [0.05, 0.1) is 19.9 Å². The Morgan fingerprint density at radius 3 is 2.43 bits per heavy atom. The van der Waals surface area contributed by atoms with E-state index < -0.39 is 17.2 Å². The molecule has 3 aromatic rings. The molecule has 146 valence electrons. The van der Waals surface area contributed by atoms with Gasteiger partial charge in [0, 0.05) is 12.6 Å². The zero-order chi connectivity index (χ0) is 20.1. The Hall–Kier alpha value is -3.22. The van der Waals surface area contributed by atoms with Gasteiger partial charge in [-0.05, 0) is 35.2 Å². The number of nitrogens with zero attached hydrogens (tertiary/aromatic N) is 2. The zero-order valence-electron chi connectivity index (χ0n) is 15.7. The summed E-state index contributed by atoms with van der Waals surface area (Å²) in [5.74, 6) is -0.984. The first-order chi connectivity index (χ1) is 13.5. The molecule has 0 aliphatic rings. The summed E-state index contributed by atoms with van der Waals surface area (Å²) >= 11 is 0. The third-order valence-corrected chi connectivity index (χ3v) is 4.39. The van der Waals surface area contributed by atoms with Gasteiger partial charge in [0.25, 0.3) is 0 Å². The molecule has 0 bridgehead atoms. The van der Waals surface area contributed by atoms with E-state index in [0.29, 0.717) is 18.1 Å². The highest BCUT2D eigenvalue weighted by Crippen LogP contribution is 2.16. The van der Waals surface area contributed by atoms with E-state index in [-0.39, 0.29) is 12.3 Å². The van der Waals surface area contributed by atoms with Gasteiger partial charge in [0.1, 0.15) is 11.6 Å². The number of hydrogen-bond acceptors (Lipinski definition) is 4. The van der Waals surface area contributed by atoms with Crippen LogP contribution in [0.25, 0.3) is 0 Å². The second-order valence-corrected chi connectivity index (χ2v) is 6.32. The van der Waals surface area contributed by atoms with E-state index in [2.05, 4.69) is 17.2 Å². The van der Waals surface area contributed by atoms with Gasteiger partial charge in [-0.3, -0.25) is 4.79 Å². The standard InChI is InChI=1S/C21H21F2N3O2/c1-3-15-6-4-5-7-16(15)11-24-21-25-20(27)19(28-2)13-26(21)12-14-8-17(22)10-18(23)9-14/h4-10,13H,3,11-12H2,1-2H3,(H,24,25,27). The maximum atomic E-state index is 13.5. The number of aryl methyl sites for hydroxylation is 1. The van der Waals surface area contributed by atoms with Gasteiger partial charge in [-0.2, -0.15) is 4.98 Å². The highest BCUT2D eigenvalue weighted by Gasteiger charge is 2.11. The lowest BCUT2D eigenvalue weighted by atomic mass is 10.1. The predicted octanol–water partition coefficient (Wildman–Crippen LogP) is 3.75. The smallest absolute Gasteiger partial charge is 0.316 e. The molecule has 0 atom stereocenters. The summed E-state index contributed by atoms with van der Waals surface area (Å²) in [6, 6.07) is 11.3. The van der Waals surface area contributed by atoms with Gasteiger partial charge in [-0.15, -0.1) is 0 Å². The molecule has 0 unspecified atom stereocenters. The molecule has 0 amide bonds. The van der Waals surface area contributed by atoms with Gasteiger partial charge in [-0.25, -0.2) is 8.78 Å². The van der Waals surface area contributed by atoms with Crippen molar-refractivity contribution in [3.8, 4) is 5.75 Å². The van der Waals surface area contributed by atoms with E-state index in [9.17, 15) is 13.6 Å². The Balaban J connectivity index is 1.93. The minimum atomic E-state index is -0.664. The van der Waals surface area contributed by atoms with Crippen LogP contribution in [0.1, 0.15) is 23.6 Å². The van der Waals surface area contributed by atoms with E-state index >= 15 is 0 Å². The van der Waals surface area contributed by atoms with Crippen molar-refractivity contribution in [2.45, 2.75) is 26.4 Å². The molecule has 28 heavy (non-hydrogen) atoms. The zero-order valence-corrected chi connectivity index (χ0v) is 15.7. The van der Waals surface area contributed by atoms with Crippen LogP contribution in [-0.2, 0) is 19.5 Å². The number of halogens is 2. The average Bonchev–Trinajstić information content (AvgIpc) is 2.67. The molecular weight excluding hydrogens is 364 g/mol. The highest BCUT2D eigenvalue weighted by molar-refractivity contribution is 5.35. The summed E-state index contributed by atoms with van der Waals surface area (Å²) in [6.07, 6.45) is 2.36. The first-order valence-electron chi connectivity index (χ1n) is 8.91. The maximum absolute atomic E-state index is 13.5. The van der Waals surface area contributed by atoms with Crippen LogP contribution in [0, 0.1) is 11.6 Å². The first-order valence-corrected chi connectivity index (χ1v) is 8.91. The number of hydrogen-bond donors (Lipinski definition) is 1. The van der Waals surface area contributed by atoms with E-state index in [1.165, 1.54) is 31.0 Å². The summed E-state index contributed by atoms with van der Waals surface area (Å²) in [4.78, 5) is 16.1. The summed E-state index contributed by atoms with van der Waals surface area (Å²) in [7, 11) is 1.37. The fourth-order valence-corrected chi connectivity index (χ4v) is 3.02. The van der Waals surface area contributed by atoms with Crippen molar-refractivity contribution < 1.29 is 13.5 Å². The third kappa shape index (κ3) is 4.54. The molecule has 0 spiro atoms. The van der Waals surface area contributed by atoms with Crippen molar-refractivity contribution in [2.75, 3.05) is 12.4 Å². The van der Waals surface area contributed by atoms with Crippen molar-refractivity contribution in [3.63, 3.8) is 0 Å². The Morgan fingerprint density at radius 2 is 1.79 bits per heavy atom. The number of ether oxygens (including phenoxy) is 1. The molecule has 1 aromatic heterocycles. The van der Waals surface area contributed by atoms with Crippen LogP contribution in [0.4, 0.5) is 14.7 Å². The summed E-state index contributed by atoms with van der Waals surface area (Å²) in [5.41, 5.74) is 2.15. The van der Waals surface area contributed by atoms with Crippen LogP contribution in [0.3, 0.4) is 0 Å². The van der Waals surface area contributed by atoms with Crippen LogP contribution in [0.15, 0.2) is 53.5 Å². The molecule has 0 radical (unpaired) electrons. The van der Waals surface area contributed by atoms with Gasteiger partial charge in [0.2, 0.25) is 11.7 Å². The average molecular weight is 385 g/mol. The topological polar surface area (TPSA) is 56.1 Å². The van der Waals surface area contributed by atoms with E-state index in [4.69, 9.17) is 4.74 Å². The molecule has 1 N–H and O–H groups in total. The number of nitrogens with one attached hydrogen (secondary N) is 1. The molecule has 0 saturated carbocycles. The number of rotatable bonds is 7. The van der Waals surface area contributed by atoms with Crippen molar-refractivity contribution >= 4 is 5.95 Å².